The second kappa shape index (κ2) is 8.50. The van der Waals surface area contributed by atoms with Gasteiger partial charge in [-0.05, 0) is 18.4 Å². The molecule has 2 aromatic rings. The van der Waals surface area contributed by atoms with E-state index in [4.69, 9.17) is 9.47 Å². The Kier molecular flexibility index (Phi) is 6.29. The fraction of sp³-hybridized carbons (Fsp3) is 0.632. The Labute approximate surface area is 164 Å². The van der Waals surface area contributed by atoms with Gasteiger partial charge in [-0.1, -0.05) is 13.8 Å². The molecule has 0 aromatic carbocycles. The molecule has 1 aliphatic rings. The lowest BCUT2D eigenvalue weighted by molar-refractivity contribution is 0.0628. The molecule has 148 valence electrons. The predicted octanol–water partition coefficient (Wildman–Crippen LogP) is 2.57. The molecule has 27 heavy (non-hydrogen) atoms. The van der Waals surface area contributed by atoms with Gasteiger partial charge in [-0.15, -0.1) is 11.3 Å². The number of carbonyl (C=O) groups excluding carboxylic acids is 1. The summed E-state index contributed by atoms with van der Waals surface area (Å²) in [5.74, 6) is 1.78. The zero-order valence-electron chi connectivity index (χ0n) is 16.7. The van der Waals surface area contributed by atoms with Crippen molar-refractivity contribution >= 4 is 27.5 Å². The van der Waals surface area contributed by atoms with Crippen LogP contribution in [-0.4, -0.2) is 72.6 Å². The van der Waals surface area contributed by atoms with Crippen LogP contribution in [0.3, 0.4) is 0 Å². The SMILES string of the molecule is COCc1nc(OC)c2c(C)c(C(=O)N3CCN(CC(C)C)CC3)sc2n1. The number of aryl methyl sites for hydroxylation is 1. The third-order valence-electron chi connectivity index (χ3n) is 4.75. The lowest BCUT2D eigenvalue weighted by atomic mass is 10.1. The number of methoxy groups -OCH3 is 2. The van der Waals surface area contributed by atoms with E-state index < -0.39 is 0 Å². The highest BCUT2D eigenvalue weighted by Gasteiger charge is 2.27. The van der Waals surface area contributed by atoms with Crippen molar-refractivity contribution < 1.29 is 14.3 Å². The molecule has 1 fully saturated rings. The Hall–Kier alpha value is -1.77. The second-order valence-corrected chi connectivity index (χ2v) is 8.30. The maximum Gasteiger partial charge on any atom is 0.264 e. The summed E-state index contributed by atoms with van der Waals surface area (Å²) in [5, 5.41) is 0.823. The first kappa shape index (κ1) is 20.0. The number of piperazine rings is 1. The molecule has 0 unspecified atom stereocenters. The molecule has 8 heteroatoms. The first-order valence-electron chi connectivity index (χ1n) is 9.29. The minimum Gasteiger partial charge on any atom is -0.480 e. The molecule has 1 amide bonds. The molecule has 0 atom stereocenters. The van der Waals surface area contributed by atoms with E-state index in [1.54, 1.807) is 14.2 Å². The number of amides is 1. The predicted molar refractivity (Wildman–Crippen MR) is 107 cm³/mol. The number of rotatable bonds is 6. The van der Waals surface area contributed by atoms with Gasteiger partial charge in [0.1, 0.15) is 11.4 Å². The summed E-state index contributed by atoms with van der Waals surface area (Å²) in [6.07, 6.45) is 0. The summed E-state index contributed by atoms with van der Waals surface area (Å²) in [6.45, 7) is 11.2. The van der Waals surface area contributed by atoms with Crippen molar-refractivity contribution in [2.75, 3.05) is 46.9 Å². The average molecular weight is 393 g/mol. The molecule has 7 nitrogen and oxygen atoms in total. The number of hydrogen-bond donors (Lipinski definition) is 0. The summed E-state index contributed by atoms with van der Waals surface area (Å²) >= 11 is 1.42. The summed E-state index contributed by atoms with van der Waals surface area (Å²) in [6, 6.07) is 0. The molecular weight excluding hydrogens is 364 g/mol. The van der Waals surface area contributed by atoms with Crippen molar-refractivity contribution in [3.05, 3.63) is 16.3 Å². The van der Waals surface area contributed by atoms with Crippen molar-refractivity contribution in [1.82, 2.24) is 19.8 Å². The first-order chi connectivity index (χ1) is 12.9. The van der Waals surface area contributed by atoms with E-state index >= 15 is 0 Å². The maximum absolute atomic E-state index is 13.1. The molecule has 0 N–H and O–H groups in total. The van der Waals surface area contributed by atoms with Crippen molar-refractivity contribution in [3.8, 4) is 5.88 Å². The van der Waals surface area contributed by atoms with Gasteiger partial charge in [-0.25, -0.2) is 4.98 Å². The van der Waals surface area contributed by atoms with Gasteiger partial charge >= 0.3 is 0 Å². The standard InChI is InChI=1S/C19H28N4O3S/c1-12(2)10-22-6-8-23(9-7-22)19(24)16-13(3)15-17(26-5)20-14(11-25-4)21-18(15)27-16/h12H,6-11H2,1-5H3. The number of hydrogen-bond acceptors (Lipinski definition) is 7. The number of ether oxygens (including phenoxy) is 2. The fourth-order valence-electron chi connectivity index (χ4n) is 3.48. The average Bonchev–Trinajstić information content (AvgIpc) is 2.97. The van der Waals surface area contributed by atoms with Crippen LogP contribution in [0.4, 0.5) is 0 Å². The van der Waals surface area contributed by atoms with Crippen LogP contribution < -0.4 is 4.74 Å². The second-order valence-electron chi connectivity index (χ2n) is 7.31. The largest absolute Gasteiger partial charge is 0.480 e. The van der Waals surface area contributed by atoms with Gasteiger partial charge in [-0.3, -0.25) is 9.69 Å². The Morgan fingerprint density at radius 1 is 1.19 bits per heavy atom. The third kappa shape index (κ3) is 4.23. The summed E-state index contributed by atoms with van der Waals surface area (Å²) in [5.41, 5.74) is 0.894. The summed E-state index contributed by atoms with van der Waals surface area (Å²) in [7, 11) is 3.19. The van der Waals surface area contributed by atoms with Crippen LogP contribution >= 0.6 is 11.3 Å². The van der Waals surface area contributed by atoms with Gasteiger partial charge in [0, 0.05) is 39.8 Å². The number of aromatic nitrogens is 2. The Balaban J connectivity index is 1.84. The van der Waals surface area contributed by atoms with Crippen LogP contribution in [0.1, 0.15) is 34.9 Å². The van der Waals surface area contributed by atoms with Gasteiger partial charge in [0.2, 0.25) is 5.88 Å². The van der Waals surface area contributed by atoms with Gasteiger partial charge in [0.05, 0.1) is 17.4 Å². The van der Waals surface area contributed by atoms with Crippen molar-refractivity contribution in [3.63, 3.8) is 0 Å². The normalized spacial score (nSPS) is 15.7. The third-order valence-corrected chi connectivity index (χ3v) is 5.92. The fourth-order valence-corrected chi connectivity index (χ4v) is 4.64. The Morgan fingerprint density at radius 2 is 1.89 bits per heavy atom. The van der Waals surface area contributed by atoms with Crippen LogP contribution in [-0.2, 0) is 11.3 Å². The molecule has 0 aliphatic carbocycles. The molecule has 3 heterocycles. The monoisotopic (exact) mass is 392 g/mol. The minimum atomic E-state index is 0.0787. The van der Waals surface area contributed by atoms with E-state index in [9.17, 15) is 4.79 Å². The molecule has 1 saturated heterocycles. The van der Waals surface area contributed by atoms with E-state index in [0.717, 1.165) is 53.4 Å². The van der Waals surface area contributed by atoms with Gasteiger partial charge in [0.25, 0.3) is 5.91 Å². The highest BCUT2D eigenvalue weighted by Crippen LogP contribution is 2.35. The molecule has 0 saturated carbocycles. The molecule has 3 rings (SSSR count). The summed E-state index contributed by atoms with van der Waals surface area (Å²) in [4.78, 5) is 28.0. The zero-order valence-corrected chi connectivity index (χ0v) is 17.6. The molecule has 0 radical (unpaired) electrons. The van der Waals surface area contributed by atoms with Crippen molar-refractivity contribution in [1.29, 1.82) is 0 Å². The number of carbonyl (C=O) groups is 1. The molecule has 0 bridgehead atoms. The van der Waals surface area contributed by atoms with Crippen LogP contribution in [0.25, 0.3) is 10.2 Å². The number of nitrogens with zero attached hydrogens (tertiary/aromatic N) is 4. The molecular formula is C19H28N4O3S. The number of thiophene rings is 1. The lowest BCUT2D eigenvalue weighted by Crippen LogP contribution is -2.49. The van der Waals surface area contributed by atoms with Crippen molar-refractivity contribution in [2.45, 2.75) is 27.4 Å². The topological polar surface area (TPSA) is 67.8 Å². The van der Waals surface area contributed by atoms with Crippen LogP contribution in [0.15, 0.2) is 0 Å². The van der Waals surface area contributed by atoms with E-state index in [0.29, 0.717) is 24.2 Å². The molecule has 1 aliphatic heterocycles. The smallest absolute Gasteiger partial charge is 0.264 e. The van der Waals surface area contributed by atoms with Gasteiger partial charge < -0.3 is 14.4 Å². The Bertz CT molecular complexity index is 813. The van der Waals surface area contributed by atoms with Crippen molar-refractivity contribution in [2.24, 2.45) is 5.92 Å². The lowest BCUT2D eigenvalue weighted by Gasteiger charge is -2.35. The van der Waals surface area contributed by atoms with Crippen LogP contribution in [0, 0.1) is 12.8 Å². The quantitative estimate of drug-likeness (QED) is 0.753. The molecule has 2 aromatic heterocycles. The Morgan fingerprint density at radius 3 is 2.48 bits per heavy atom. The van der Waals surface area contributed by atoms with E-state index in [2.05, 4.69) is 28.7 Å². The highest BCUT2D eigenvalue weighted by atomic mass is 32.1. The minimum absolute atomic E-state index is 0.0787. The van der Waals surface area contributed by atoms with E-state index in [-0.39, 0.29) is 5.91 Å². The molecule has 0 spiro atoms. The zero-order chi connectivity index (χ0) is 19.6. The van der Waals surface area contributed by atoms with Gasteiger partial charge in [-0.2, -0.15) is 4.98 Å². The highest BCUT2D eigenvalue weighted by molar-refractivity contribution is 7.20. The number of fused-ring (bicyclic) bond motifs is 1. The van der Waals surface area contributed by atoms with E-state index in [1.165, 1.54) is 11.3 Å². The first-order valence-corrected chi connectivity index (χ1v) is 10.1. The summed E-state index contributed by atoms with van der Waals surface area (Å²) < 4.78 is 10.6. The van der Waals surface area contributed by atoms with E-state index in [1.807, 2.05) is 11.8 Å². The van der Waals surface area contributed by atoms with Crippen LogP contribution in [0.2, 0.25) is 0 Å². The van der Waals surface area contributed by atoms with Gasteiger partial charge in [0.15, 0.2) is 5.82 Å². The van der Waals surface area contributed by atoms with Crippen LogP contribution in [0.5, 0.6) is 5.88 Å². The maximum atomic E-state index is 13.1.